The van der Waals surface area contributed by atoms with Gasteiger partial charge in [-0.2, -0.15) is 4.37 Å². The van der Waals surface area contributed by atoms with Crippen molar-refractivity contribution in [1.29, 1.82) is 0 Å². The Labute approximate surface area is 202 Å². The summed E-state index contributed by atoms with van der Waals surface area (Å²) in [5.41, 5.74) is 0. The van der Waals surface area contributed by atoms with Gasteiger partial charge in [-0.15, -0.1) is 0 Å². The molecule has 0 spiro atoms. The molecule has 1 saturated carbocycles. The highest BCUT2D eigenvalue weighted by atomic mass is 32.2. The highest BCUT2D eigenvalue weighted by molar-refractivity contribution is 7.90. The minimum absolute atomic E-state index is 0.137. The van der Waals surface area contributed by atoms with Crippen LogP contribution in [0, 0.1) is 5.92 Å². The van der Waals surface area contributed by atoms with Crippen LogP contribution in [-0.2, 0) is 10.0 Å². The molecule has 3 fully saturated rings. The SMILES string of the molecule is O=S(=O)(NC1CCC(CCN2CCN(c3nsc4ccccc34)CC2)CC1)C1CCNCC1. The Morgan fingerprint density at radius 3 is 2.48 bits per heavy atom. The zero-order valence-corrected chi connectivity index (χ0v) is 21.0. The first-order chi connectivity index (χ1) is 16.1. The molecule has 182 valence electrons. The summed E-state index contributed by atoms with van der Waals surface area (Å²) in [4.78, 5) is 5.03. The third-order valence-corrected chi connectivity index (χ3v) is 10.6. The van der Waals surface area contributed by atoms with Gasteiger partial charge in [0.05, 0.1) is 9.95 Å². The molecule has 7 nitrogen and oxygen atoms in total. The van der Waals surface area contributed by atoms with Crippen molar-refractivity contribution < 1.29 is 8.42 Å². The summed E-state index contributed by atoms with van der Waals surface area (Å²) in [5, 5.41) is 4.32. The summed E-state index contributed by atoms with van der Waals surface area (Å²) in [5.74, 6) is 1.88. The Hall–Kier alpha value is -1.26. The van der Waals surface area contributed by atoms with Gasteiger partial charge in [-0.3, -0.25) is 4.90 Å². The van der Waals surface area contributed by atoms with E-state index in [2.05, 4.69) is 44.1 Å². The number of piperazine rings is 1. The van der Waals surface area contributed by atoms with Crippen molar-refractivity contribution in [3.05, 3.63) is 24.3 Å². The maximum Gasteiger partial charge on any atom is 0.214 e. The first kappa shape index (κ1) is 23.5. The molecule has 3 heterocycles. The maximum absolute atomic E-state index is 12.7. The minimum atomic E-state index is -3.17. The predicted molar refractivity (Wildman–Crippen MR) is 137 cm³/mol. The van der Waals surface area contributed by atoms with Gasteiger partial charge in [-0.05, 0) is 94.2 Å². The molecule has 0 radical (unpaired) electrons. The average Bonchev–Trinajstić information content (AvgIpc) is 3.29. The van der Waals surface area contributed by atoms with E-state index in [9.17, 15) is 8.42 Å². The summed E-state index contributed by atoms with van der Waals surface area (Å²) < 4.78 is 34.4. The van der Waals surface area contributed by atoms with Crippen molar-refractivity contribution in [2.75, 3.05) is 50.7 Å². The summed E-state index contributed by atoms with van der Waals surface area (Å²) >= 11 is 1.60. The van der Waals surface area contributed by atoms with Crippen molar-refractivity contribution in [3.8, 4) is 0 Å². The summed E-state index contributed by atoms with van der Waals surface area (Å²) in [7, 11) is -3.17. The number of aromatic nitrogens is 1. The van der Waals surface area contributed by atoms with Crippen LogP contribution in [-0.4, -0.2) is 74.8 Å². The molecule has 2 N–H and O–H groups in total. The van der Waals surface area contributed by atoms with Gasteiger partial charge >= 0.3 is 0 Å². The number of rotatable bonds is 7. The zero-order chi connectivity index (χ0) is 22.7. The Balaban J connectivity index is 1.02. The third-order valence-electron chi connectivity index (χ3n) is 7.79. The first-order valence-corrected chi connectivity index (χ1v) is 14.9. The van der Waals surface area contributed by atoms with Crippen LogP contribution in [0.5, 0.6) is 0 Å². The van der Waals surface area contributed by atoms with Gasteiger partial charge in [0.2, 0.25) is 10.0 Å². The van der Waals surface area contributed by atoms with E-state index in [1.807, 2.05) is 0 Å². The minimum Gasteiger partial charge on any atom is -0.353 e. The Bertz CT molecular complexity index is 1000. The molecule has 5 rings (SSSR count). The second-order valence-electron chi connectivity index (χ2n) is 9.95. The summed E-state index contributed by atoms with van der Waals surface area (Å²) in [6.45, 7) is 7.05. The topological polar surface area (TPSA) is 77.6 Å². The fourth-order valence-electron chi connectivity index (χ4n) is 5.65. The number of benzene rings is 1. The summed E-state index contributed by atoms with van der Waals surface area (Å²) in [6, 6.07) is 8.66. The molecule has 2 saturated heterocycles. The van der Waals surface area contributed by atoms with E-state index in [0.717, 1.165) is 96.1 Å². The van der Waals surface area contributed by atoms with Gasteiger partial charge in [0.25, 0.3) is 0 Å². The second-order valence-corrected chi connectivity index (χ2v) is 12.7. The average molecular weight is 492 g/mol. The lowest BCUT2D eigenvalue weighted by molar-refractivity contribution is 0.214. The standard InChI is InChI=1S/C24H37N5O2S2/c30-33(31,21-9-12-25-13-10-21)27-20-7-5-19(6-8-20)11-14-28-15-17-29(18-16-28)24-22-3-1-2-4-23(22)32-26-24/h1-4,19-21,25,27H,5-18H2. The van der Waals surface area contributed by atoms with Crippen LogP contribution < -0.4 is 14.9 Å². The Morgan fingerprint density at radius 2 is 1.73 bits per heavy atom. The zero-order valence-electron chi connectivity index (χ0n) is 19.4. The van der Waals surface area contributed by atoms with Crippen molar-refractivity contribution in [3.63, 3.8) is 0 Å². The molecule has 3 aliphatic rings. The molecule has 0 unspecified atom stereocenters. The van der Waals surface area contributed by atoms with Gasteiger partial charge in [0.1, 0.15) is 5.82 Å². The molecule has 2 aliphatic heterocycles. The number of nitrogens with one attached hydrogen (secondary N) is 2. The van der Waals surface area contributed by atoms with Crippen LogP contribution in [0.2, 0.25) is 0 Å². The van der Waals surface area contributed by atoms with Crippen LogP contribution in [0.25, 0.3) is 10.1 Å². The van der Waals surface area contributed by atoms with Gasteiger partial charge in [0.15, 0.2) is 0 Å². The summed E-state index contributed by atoms with van der Waals surface area (Å²) in [6.07, 6.45) is 6.95. The molecular formula is C24H37N5O2S2. The van der Waals surface area contributed by atoms with E-state index in [0.29, 0.717) is 0 Å². The molecule has 1 aromatic heterocycles. The maximum atomic E-state index is 12.7. The molecule has 2 aromatic rings. The highest BCUT2D eigenvalue weighted by Crippen LogP contribution is 2.31. The van der Waals surface area contributed by atoms with Crippen LogP contribution in [0.15, 0.2) is 24.3 Å². The number of sulfonamides is 1. The van der Waals surface area contributed by atoms with Crippen molar-refractivity contribution >= 4 is 37.5 Å². The number of fused-ring (bicyclic) bond motifs is 1. The van der Waals surface area contributed by atoms with Crippen LogP contribution in [0.1, 0.15) is 44.9 Å². The monoisotopic (exact) mass is 491 g/mol. The molecular weight excluding hydrogens is 454 g/mol. The van der Waals surface area contributed by atoms with E-state index < -0.39 is 10.0 Å². The van der Waals surface area contributed by atoms with Crippen LogP contribution in [0.3, 0.4) is 0 Å². The third kappa shape index (κ3) is 5.70. The number of piperidine rings is 1. The van der Waals surface area contributed by atoms with E-state index in [-0.39, 0.29) is 11.3 Å². The van der Waals surface area contributed by atoms with Crippen LogP contribution >= 0.6 is 11.5 Å². The molecule has 0 atom stereocenters. The lowest BCUT2D eigenvalue weighted by Gasteiger charge is -2.36. The highest BCUT2D eigenvalue weighted by Gasteiger charge is 2.31. The van der Waals surface area contributed by atoms with Crippen molar-refractivity contribution in [1.82, 2.24) is 19.3 Å². The van der Waals surface area contributed by atoms with Crippen molar-refractivity contribution in [2.24, 2.45) is 5.92 Å². The van der Waals surface area contributed by atoms with E-state index in [4.69, 9.17) is 4.37 Å². The number of hydrogen-bond donors (Lipinski definition) is 2. The molecule has 0 bridgehead atoms. The number of anilines is 1. The quantitative estimate of drug-likeness (QED) is 0.620. The number of nitrogens with zero attached hydrogens (tertiary/aromatic N) is 3. The van der Waals surface area contributed by atoms with Gasteiger partial charge in [-0.1, -0.05) is 12.1 Å². The lowest BCUT2D eigenvalue weighted by Crippen LogP contribution is -2.47. The molecule has 1 aliphatic carbocycles. The smallest absolute Gasteiger partial charge is 0.214 e. The predicted octanol–water partition coefficient (Wildman–Crippen LogP) is 3.04. The molecule has 1 aromatic carbocycles. The van der Waals surface area contributed by atoms with Gasteiger partial charge in [-0.25, -0.2) is 13.1 Å². The van der Waals surface area contributed by atoms with E-state index in [1.54, 1.807) is 11.5 Å². The lowest BCUT2D eigenvalue weighted by atomic mass is 9.84. The molecule has 9 heteroatoms. The second kappa shape index (κ2) is 10.6. The van der Waals surface area contributed by atoms with Crippen LogP contribution in [0.4, 0.5) is 5.82 Å². The Morgan fingerprint density at radius 1 is 1.00 bits per heavy atom. The fraction of sp³-hybridized carbons (Fsp3) is 0.708. The van der Waals surface area contributed by atoms with E-state index >= 15 is 0 Å². The van der Waals surface area contributed by atoms with E-state index in [1.165, 1.54) is 16.5 Å². The van der Waals surface area contributed by atoms with Crippen molar-refractivity contribution in [2.45, 2.75) is 56.2 Å². The molecule has 0 amide bonds. The Kier molecular flexibility index (Phi) is 7.51. The number of hydrogen-bond acceptors (Lipinski definition) is 7. The van der Waals surface area contributed by atoms with Gasteiger partial charge in [0, 0.05) is 37.6 Å². The normalized spacial score (nSPS) is 26.1. The molecule has 33 heavy (non-hydrogen) atoms. The first-order valence-electron chi connectivity index (χ1n) is 12.6. The largest absolute Gasteiger partial charge is 0.353 e. The van der Waals surface area contributed by atoms with Gasteiger partial charge < -0.3 is 10.2 Å². The fourth-order valence-corrected chi connectivity index (χ4v) is 8.20.